The summed E-state index contributed by atoms with van der Waals surface area (Å²) in [5, 5.41) is 4.55. The molecule has 0 unspecified atom stereocenters. The number of aromatic nitrogens is 2. The van der Waals surface area contributed by atoms with Gasteiger partial charge in [-0.05, 0) is 45.1 Å². The summed E-state index contributed by atoms with van der Waals surface area (Å²) in [5.41, 5.74) is 6.37. The molecular weight excluding hydrogens is 352 g/mol. The van der Waals surface area contributed by atoms with Gasteiger partial charge < -0.3 is 9.80 Å². The molecule has 0 bridgehead atoms. The number of piperazine rings is 1. The molecule has 6 heteroatoms. The van der Waals surface area contributed by atoms with Crippen molar-refractivity contribution in [2.75, 3.05) is 19.6 Å². The van der Waals surface area contributed by atoms with E-state index in [0.717, 1.165) is 42.5 Å². The third kappa shape index (κ3) is 3.55. The number of fused-ring (bicyclic) bond motifs is 1. The Morgan fingerprint density at radius 1 is 1.07 bits per heavy atom. The Morgan fingerprint density at radius 2 is 1.79 bits per heavy atom. The molecule has 1 aromatic carbocycles. The van der Waals surface area contributed by atoms with E-state index >= 15 is 0 Å². The fourth-order valence-corrected chi connectivity index (χ4v) is 4.53. The number of benzene rings is 1. The average molecular weight is 380 g/mol. The fourth-order valence-electron chi connectivity index (χ4n) is 4.53. The minimum absolute atomic E-state index is 0.00907. The van der Waals surface area contributed by atoms with Crippen LogP contribution in [-0.2, 0) is 31.2 Å². The van der Waals surface area contributed by atoms with Crippen LogP contribution < -0.4 is 0 Å². The predicted octanol–water partition coefficient (Wildman–Crippen LogP) is 2.40. The second kappa shape index (κ2) is 7.41. The Bertz CT molecular complexity index is 911. The monoisotopic (exact) mass is 380 g/mol. The first-order valence-electron chi connectivity index (χ1n) is 10.1. The SMILES string of the molecule is Cc1cc(C)cc(CN2CCN(C(=O)c3c4c(nn3C)CCCC4)CC2=O)c1. The van der Waals surface area contributed by atoms with Gasteiger partial charge in [-0.3, -0.25) is 14.3 Å². The molecule has 1 aromatic heterocycles. The smallest absolute Gasteiger partial charge is 0.272 e. The van der Waals surface area contributed by atoms with Crippen molar-refractivity contribution >= 4 is 11.8 Å². The number of carbonyl (C=O) groups is 2. The van der Waals surface area contributed by atoms with Crippen LogP contribution in [-0.4, -0.2) is 51.0 Å². The summed E-state index contributed by atoms with van der Waals surface area (Å²) < 4.78 is 1.71. The van der Waals surface area contributed by atoms with Gasteiger partial charge in [-0.15, -0.1) is 0 Å². The van der Waals surface area contributed by atoms with Gasteiger partial charge >= 0.3 is 0 Å². The van der Waals surface area contributed by atoms with Crippen molar-refractivity contribution in [2.24, 2.45) is 7.05 Å². The van der Waals surface area contributed by atoms with E-state index < -0.39 is 0 Å². The van der Waals surface area contributed by atoms with E-state index in [-0.39, 0.29) is 18.4 Å². The van der Waals surface area contributed by atoms with Crippen molar-refractivity contribution < 1.29 is 9.59 Å². The van der Waals surface area contributed by atoms with Gasteiger partial charge in [0.15, 0.2) is 0 Å². The molecule has 1 aliphatic heterocycles. The van der Waals surface area contributed by atoms with E-state index in [1.165, 1.54) is 11.1 Å². The number of hydrogen-bond donors (Lipinski definition) is 0. The predicted molar refractivity (Wildman–Crippen MR) is 107 cm³/mol. The second-order valence-corrected chi connectivity index (χ2v) is 8.14. The highest BCUT2D eigenvalue weighted by atomic mass is 16.2. The van der Waals surface area contributed by atoms with Crippen LogP contribution in [0, 0.1) is 13.8 Å². The van der Waals surface area contributed by atoms with Crippen molar-refractivity contribution in [3.63, 3.8) is 0 Å². The molecule has 0 spiro atoms. The molecule has 0 N–H and O–H groups in total. The number of amides is 2. The molecule has 0 saturated carbocycles. The van der Waals surface area contributed by atoms with Crippen molar-refractivity contribution in [2.45, 2.75) is 46.1 Å². The Balaban J connectivity index is 1.46. The quantitative estimate of drug-likeness (QED) is 0.822. The fraction of sp³-hybridized carbons (Fsp3) is 0.500. The zero-order chi connectivity index (χ0) is 19.8. The molecule has 2 aliphatic rings. The normalized spacial score (nSPS) is 17.0. The lowest BCUT2D eigenvalue weighted by atomic mass is 9.95. The second-order valence-electron chi connectivity index (χ2n) is 8.14. The van der Waals surface area contributed by atoms with Crippen LogP contribution in [0.3, 0.4) is 0 Å². The molecular formula is C22H28N4O2. The molecule has 2 amide bonds. The summed E-state index contributed by atoms with van der Waals surface area (Å²) in [6.45, 7) is 6.02. The van der Waals surface area contributed by atoms with Crippen LogP contribution in [0.5, 0.6) is 0 Å². The number of aryl methyl sites for hydroxylation is 4. The number of nitrogens with zero attached hydrogens (tertiary/aromatic N) is 4. The lowest BCUT2D eigenvalue weighted by molar-refractivity contribution is -0.135. The molecule has 0 atom stereocenters. The minimum Gasteiger partial charge on any atom is -0.335 e. The molecule has 1 saturated heterocycles. The summed E-state index contributed by atoms with van der Waals surface area (Å²) >= 11 is 0. The summed E-state index contributed by atoms with van der Waals surface area (Å²) in [7, 11) is 1.84. The Kier molecular flexibility index (Phi) is 4.96. The molecule has 4 rings (SSSR count). The van der Waals surface area contributed by atoms with E-state index in [1.54, 1.807) is 9.58 Å². The highest BCUT2D eigenvalue weighted by Crippen LogP contribution is 2.25. The lowest BCUT2D eigenvalue weighted by Crippen LogP contribution is -2.52. The highest BCUT2D eigenvalue weighted by Gasteiger charge is 2.32. The largest absolute Gasteiger partial charge is 0.335 e. The molecule has 0 radical (unpaired) electrons. The first kappa shape index (κ1) is 18.7. The lowest BCUT2D eigenvalue weighted by Gasteiger charge is -2.34. The topological polar surface area (TPSA) is 58.4 Å². The molecule has 1 aliphatic carbocycles. The van der Waals surface area contributed by atoms with Crippen molar-refractivity contribution in [1.82, 2.24) is 19.6 Å². The zero-order valence-electron chi connectivity index (χ0n) is 17.0. The maximum atomic E-state index is 13.1. The van der Waals surface area contributed by atoms with Crippen LogP contribution in [0.2, 0.25) is 0 Å². The van der Waals surface area contributed by atoms with E-state index in [2.05, 4.69) is 37.1 Å². The van der Waals surface area contributed by atoms with Crippen LogP contribution >= 0.6 is 0 Å². The van der Waals surface area contributed by atoms with E-state index in [4.69, 9.17) is 0 Å². The summed E-state index contributed by atoms with van der Waals surface area (Å²) in [6.07, 6.45) is 4.08. The number of rotatable bonds is 3. The van der Waals surface area contributed by atoms with Crippen molar-refractivity contribution in [3.05, 3.63) is 51.8 Å². The van der Waals surface area contributed by atoms with Gasteiger partial charge in [0.2, 0.25) is 5.91 Å². The molecule has 6 nitrogen and oxygen atoms in total. The maximum absolute atomic E-state index is 13.1. The van der Waals surface area contributed by atoms with Gasteiger partial charge in [-0.1, -0.05) is 29.3 Å². The number of carbonyl (C=O) groups excluding carboxylic acids is 2. The number of hydrogen-bond acceptors (Lipinski definition) is 3. The van der Waals surface area contributed by atoms with Gasteiger partial charge in [-0.25, -0.2) is 0 Å². The molecule has 1 fully saturated rings. The Labute approximate surface area is 166 Å². The zero-order valence-corrected chi connectivity index (χ0v) is 17.0. The highest BCUT2D eigenvalue weighted by molar-refractivity contribution is 5.97. The molecule has 2 aromatic rings. The summed E-state index contributed by atoms with van der Waals surface area (Å²) in [5.74, 6) is -0.0488. The molecule has 28 heavy (non-hydrogen) atoms. The van der Waals surface area contributed by atoms with Gasteiger partial charge in [0, 0.05) is 32.2 Å². The Morgan fingerprint density at radius 3 is 2.50 bits per heavy atom. The first-order chi connectivity index (χ1) is 13.4. The first-order valence-corrected chi connectivity index (χ1v) is 10.1. The standard InChI is InChI=1S/C22H28N4O2/c1-15-10-16(2)12-17(11-15)13-25-8-9-26(14-20(25)27)22(28)21-18-6-4-5-7-19(18)23-24(21)3/h10-12H,4-9,13-14H2,1-3H3. The third-order valence-electron chi connectivity index (χ3n) is 5.78. The van der Waals surface area contributed by atoms with Gasteiger partial charge in [0.05, 0.1) is 5.69 Å². The van der Waals surface area contributed by atoms with E-state index in [0.29, 0.717) is 25.3 Å². The van der Waals surface area contributed by atoms with Gasteiger partial charge in [0.1, 0.15) is 12.2 Å². The summed E-state index contributed by atoms with van der Waals surface area (Å²) in [4.78, 5) is 29.4. The maximum Gasteiger partial charge on any atom is 0.272 e. The van der Waals surface area contributed by atoms with Gasteiger partial charge in [-0.2, -0.15) is 5.10 Å². The van der Waals surface area contributed by atoms with Gasteiger partial charge in [0.25, 0.3) is 5.91 Å². The molecule has 148 valence electrons. The minimum atomic E-state index is -0.0578. The van der Waals surface area contributed by atoms with Crippen molar-refractivity contribution in [3.8, 4) is 0 Å². The van der Waals surface area contributed by atoms with Crippen LogP contribution in [0.4, 0.5) is 0 Å². The third-order valence-corrected chi connectivity index (χ3v) is 5.78. The van der Waals surface area contributed by atoms with Crippen molar-refractivity contribution in [1.29, 1.82) is 0 Å². The van der Waals surface area contributed by atoms with Crippen LogP contribution in [0.25, 0.3) is 0 Å². The Hall–Kier alpha value is -2.63. The molecule has 2 heterocycles. The van der Waals surface area contributed by atoms with Crippen LogP contribution in [0.15, 0.2) is 18.2 Å². The van der Waals surface area contributed by atoms with E-state index in [1.807, 2.05) is 11.9 Å². The van der Waals surface area contributed by atoms with E-state index in [9.17, 15) is 9.59 Å². The average Bonchev–Trinajstić information content (AvgIpc) is 2.97. The summed E-state index contributed by atoms with van der Waals surface area (Å²) in [6, 6.07) is 6.38. The van der Waals surface area contributed by atoms with Crippen LogP contribution in [0.1, 0.15) is 51.3 Å².